The van der Waals surface area contributed by atoms with E-state index in [1.165, 1.54) is 4.90 Å². The van der Waals surface area contributed by atoms with Crippen molar-refractivity contribution in [3.63, 3.8) is 0 Å². The van der Waals surface area contributed by atoms with Gasteiger partial charge < -0.3 is 23.7 Å². The van der Waals surface area contributed by atoms with Crippen LogP contribution in [-0.4, -0.2) is 53.9 Å². The predicted octanol–water partition coefficient (Wildman–Crippen LogP) is 4.54. The van der Waals surface area contributed by atoms with E-state index in [-0.39, 0.29) is 23.0 Å². The summed E-state index contributed by atoms with van der Waals surface area (Å²) in [5.74, 6) is 0.408. The zero-order chi connectivity index (χ0) is 26.2. The van der Waals surface area contributed by atoms with Gasteiger partial charge in [0.2, 0.25) is 0 Å². The van der Waals surface area contributed by atoms with Crippen molar-refractivity contribution < 1.29 is 33.3 Å². The average molecular weight is 532 g/mol. The van der Waals surface area contributed by atoms with Crippen LogP contribution in [0.25, 0.3) is 0 Å². The molecule has 6 rings (SSSR count). The molecule has 1 saturated heterocycles. The number of carbonyl (C=O) groups excluding carboxylic acids is 2. The zero-order valence-electron chi connectivity index (χ0n) is 20.5. The quantitative estimate of drug-likeness (QED) is 0.351. The normalized spacial score (nSPS) is 26.0. The highest BCUT2D eigenvalue weighted by atomic mass is 32.1. The molecule has 0 radical (unpaired) electrons. The van der Waals surface area contributed by atoms with Crippen molar-refractivity contribution >= 4 is 29.3 Å². The van der Waals surface area contributed by atoms with E-state index in [4.69, 9.17) is 35.9 Å². The number of rotatable bonds is 5. The van der Waals surface area contributed by atoms with Gasteiger partial charge in [0.1, 0.15) is 17.6 Å². The van der Waals surface area contributed by atoms with Crippen LogP contribution in [0.2, 0.25) is 0 Å². The predicted molar refractivity (Wildman–Crippen MR) is 140 cm³/mol. The number of amides is 2. The average Bonchev–Trinajstić information content (AvgIpc) is 3.42. The number of thiocarbonyl (C=S) groups is 1. The number of hydrogen-bond donors (Lipinski definition) is 0. The molecule has 5 atom stereocenters. The van der Waals surface area contributed by atoms with Gasteiger partial charge in [-0.05, 0) is 42.8 Å². The van der Waals surface area contributed by atoms with Gasteiger partial charge in [-0.2, -0.15) is 0 Å². The molecule has 3 aliphatic rings. The minimum absolute atomic E-state index is 0.112. The molecule has 0 aromatic heterocycles. The van der Waals surface area contributed by atoms with Crippen molar-refractivity contribution in [1.82, 2.24) is 4.90 Å². The van der Waals surface area contributed by atoms with E-state index in [2.05, 4.69) is 0 Å². The fourth-order valence-electron chi connectivity index (χ4n) is 5.37. The summed E-state index contributed by atoms with van der Waals surface area (Å²) >= 11 is 5.44. The molecule has 8 nitrogen and oxygen atoms in total. The molecule has 0 bridgehead atoms. The lowest BCUT2D eigenvalue weighted by molar-refractivity contribution is -0.248. The van der Waals surface area contributed by atoms with Gasteiger partial charge in [-0.3, -0.25) is 14.5 Å². The van der Waals surface area contributed by atoms with E-state index in [0.29, 0.717) is 29.9 Å². The van der Waals surface area contributed by atoms with Crippen LogP contribution in [0.1, 0.15) is 39.0 Å². The largest absolute Gasteiger partial charge is 0.497 e. The molecule has 9 heteroatoms. The number of carbonyl (C=O) groups is 2. The Balaban J connectivity index is 1.28. The highest BCUT2D eigenvalue weighted by Gasteiger charge is 2.55. The SMILES string of the molecule is COc1ccc(C2OC[C@@H]3C[C@@H](N4C(=O)c5ccccc5C4=O)[C@H](OC(=S)Oc4ccccc4)[C@@H]3O2)cc1. The number of methoxy groups -OCH3 is 1. The summed E-state index contributed by atoms with van der Waals surface area (Å²) in [5.41, 5.74) is 1.57. The Morgan fingerprint density at radius 1 is 0.895 bits per heavy atom. The van der Waals surface area contributed by atoms with Crippen LogP contribution in [0.15, 0.2) is 78.9 Å². The highest BCUT2D eigenvalue weighted by molar-refractivity contribution is 7.79. The van der Waals surface area contributed by atoms with Crippen molar-refractivity contribution in [3.05, 3.63) is 95.6 Å². The first-order valence-electron chi connectivity index (χ1n) is 12.3. The Bertz CT molecular complexity index is 1330. The van der Waals surface area contributed by atoms with Gasteiger partial charge in [0, 0.05) is 23.7 Å². The molecule has 2 amide bonds. The first-order valence-corrected chi connectivity index (χ1v) is 12.8. The monoisotopic (exact) mass is 531 g/mol. The van der Waals surface area contributed by atoms with Crippen molar-refractivity contribution in [1.29, 1.82) is 0 Å². The van der Waals surface area contributed by atoms with Crippen LogP contribution >= 0.6 is 12.2 Å². The third-order valence-corrected chi connectivity index (χ3v) is 7.36. The number of imide groups is 1. The van der Waals surface area contributed by atoms with Crippen LogP contribution < -0.4 is 9.47 Å². The van der Waals surface area contributed by atoms with Crippen LogP contribution in [0.5, 0.6) is 11.5 Å². The molecule has 1 saturated carbocycles. The van der Waals surface area contributed by atoms with Crippen LogP contribution in [0.3, 0.4) is 0 Å². The summed E-state index contributed by atoms with van der Waals surface area (Å²) in [5, 5.41) is -0.112. The van der Waals surface area contributed by atoms with Crippen molar-refractivity contribution in [2.45, 2.75) is 31.0 Å². The number of fused-ring (bicyclic) bond motifs is 2. The molecule has 2 heterocycles. The first-order chi connectivity index (χ1) is 18.5. The van der Waals surface area contributed by atoms with E-state index in [9.17, 15) is 9.59 Å². The standard InChI is InChI=1S/C29H25NO7S/c1-33-19-13-11-17(12-14-19)28-34-16-18-15-23(30-26(31)21-9-5-6-10-22(21)27(30)32)25(24(18)36-28)37-29(38)35-20-7-3-2-4-8-20/h2-14,18,23-25,28H,15-16H2,1H3/t18-,23+,24+,25-,28?/m0/s1. The molecule has 3 aromatic carbocycles. The summed E-state index contributed by atoms with van der Waals surface area (Å²) in [6, 6.07) is 22.7. The lowest BCUT2D eigenvalue weighted by atomic mass is 10.0. The Labute approximate surface area is 225 Å². The third kappa shape index (κ3) is 4.42. The van der Waals surface area contributed by atoms with Crippen molar-refractivity contribution in [3.8, 4) is 11.5 Å². The number of ether oxygens (including phenoxy) is 5. The maximum atomic E-state index is 13.4. The lowest BCUT2D eigenvalue weighted by Gasteiger charge is -2.36. The van der Waals surface area contributed by atoms with Crippen molar-refractivity contribution in [2.24, 2.45) is 5.92 Å². The minimum atomic E-state index is -0.747. The Hall–Kier alpha value is -3.79. The second kappa shape index (κ2) is 10.2. The van der Waals surface area contributed by atoms with Crippen molar-refractivity contribution in [2.75, 3.05) is 13.7 Å². The van der Waals surface area contributed by atoms with Gasteiger partial charge in [-0.15, -0.1) is 0 Å². The van der Waals surface area contributed by atoms with Crippen LogP contribution in [0, 0.1) is 5.92 Å². The lowest BCUT2D eigenvalue weighted by Crippen LogP contribution is -2.50. The molecule has 0 spiro atoms. The fraction of sp³-hybridized carbons (Fsp3) is 0.276. The molecule has 1 unspecified atom stereocenters. The first kappa shape index (κ1) is 24.5. The maximum Gasteiger partial charge on any atom is 0.358 e. The van der Waals surface area contributed by atoms with Gasteiger partial charge in [0.25, 0.3) is 11.8 Å². The number of hydrogen-bond acceptors (Lipinski definition) is 8. The molecule has 38 heavy (non-hydrogen) atoms. The fourth-order valence-corrected chi connectivity index (χ4v) is 5.58. The molecule has 194 valence electrons. The second-order valence-electron chi connectivity index (χ2n) is 9.38. The van der Waals surface area contributed by atoms with Crippen LogP contribution in [0.4, 0.5) is 0 Å². The van der Waals surface area contributed by atoms with E-state index in [0.717, 1.165) is 11.3 Å². The topological polar surface area (TPSA) is 83.5 Å². The molecule has 2 fully saturated rings. The molecular weight excluding hydrogens is 506 g/mol. The Morgan fingerprint density at radius 2 is 1.55 bits per heavy atom. The van der Waals surface area contributed by atoms with Gasteiger partial charge in [0.05, 0.1) is 30.9 Å². The maximum absolute atomic E-state index is 13.4. The highest BCUT2D eigenvalue weighted by Crippen LogP contribution is 2.43. The summed E-state index contributed by atoms with van der Waals surface area (Å²) in [4.78, 5) is 28.0. The number of benzene rings is 3. The minimum Gasteiger partial charge on any atom is -0.497 e. The van der Waals surface area contributed by atoms with E-state index in [1.54, 1.807) is 43.5 Å². The Kier molecular flexibility index (Phi) is 6.57. The van der Waals surface area contributed by atoms with Gasteiger partial charge >= 0.3 is 5.24 Å². The smallest absolute Gasteiger partial charge is 0.358 e. The summed E-state index contributed by atoms with van der Waals surface area (Å²) in [6.07, 6.45) is -1.45. The van der Waals surface area contributed by atoms with E-state index < -0.39 is 24.5 Å². The van der Waals surface area contributed by atoms with Crippen LogP contribution in [-0.2, 0) is 14.2 Å². The van der Waals surface area contributed by atoms with Gasteiger partial charge in [-0.1, -0.05) is 42.5 Å². The number of para-hydroxylation sites is 1. The third-order valence-electron chi connectivity index (χ3n) is 7.18. The summed E-state index contributed by atoms with van der Waals surface area (Å²) < 4.78 is 29.7. The molecule has 2 aliphatic heterocycles. The van der Waals surface area contributed by atoms with Gasteiger partial charge in [0.15, 0.2) is 12.4 Å². The second-order valence-corrected chi connectivity index (χ2v) is 9.71. The summed E-state index contributed by atoms with van der Waals surface area (Å²) in [6.45, 7) is 0.368. The Morgan fingerprint density at radius 3 is 2.21 bits per heavy atom. The van der Waals surface area contributed by atoms with E-state index in [1.807, 2.05) is 42.5 Å². The molecule has 0 N–H and O–H groups in total. The molecule has 1 aliphatic carbocycles. The summed E-state index contributed by atoms with van der Waals surface area (Å²) in [7, 11) is 1.60. The zero-order valence-corrected chi connectivity index (χ0v) is 21.3. The molecule has 3 aromatic rings. The van der Waals surface area contributed by atoms with E-state index >= 15 is 0 Å². The molecular formula is C29H25NO7S. The van der Waals surface area contributed by atoms with Gasteiger partial charge in [-0.25, -0.2) is 0 Å². The number of nitrogens with zero attached hydrogens (tertiary/aromatic N) is 1.